The molecule has 3 heteroatoms. The van der Waals surface area contributed by atoms with Crippen molar-refractivity contribution in [2.75, 3.05) is 33.2 Å². The van der Waals surface area contributed by atoms with E-state index in [2.05, 4.69) is 51.9 Å². The first-order chi connectivity index (χ1) is 8.76. The van der Waals surface area contributed by atoms with Crippen LogP contribution in [0.2, 0.25) is 0 Å². The van der Waals surface area contributed by atoms with E-state index in [0.29, 0.717) is 17.6 Å². The molecule has 0 aromatic heterocycles. The minimum atomic E-state index is 0.367. The SMILES string of the molecule is CC(C)CNCC1CCC(CN(C)CC(C)(C)C)O1. The summed E-state index contributed by atoms with van der Waals surface area (Å²) in [6.07, 6.45) is 3.27. The van der Waals surface area contributed by atoms with Crippen molar-refractivity contribution in [1.82, 2.24) is 10.2 Å². The molecule has 1 aliphatic rings. The minimum absolute atomic E-state index is 0.367. The minimum Gasteiger partial charge on any atom is -0.372 e. The van der Waals surface area contributed by atoms with E-state index in [1.165, 1.54) is 12.8 Å². The number of hydrogen-bond donors (Lipinski definition) is 1. The Balaban J connectivity index is 2.17. The monoisotopic (exact) mass is 270 g/mol. The van der Waals surface area contributed by atoms with Crippen LogP contribution in [0.5, 0.6) is 0 Å². The van der Waals surface area contributed by atoms with Gasteiger partial charge in [0.25, 0.3) is 0 Å². The average Bonchev–Trinajstić information content (AvgIpc) is 2.61. The number of likely N-dealkylation sites (N-methyl/N-ethyl adjacent to an activating group) is 1. The lowest BCUT2D eigenvalue weighted by Gasteiger charge is -2.28. The highest BCUT2D eigenvalue weighted by Gasteiger charge is 2.26. The van der Waals surface area contributed by atoms with Crippen LogP contribution in [0.15, 0.2) is 0 Å². The molecule has 3 nitrogen and oxygen atoms in total. The molecule has 0 spiro atoms. The fourth-order valence-corrected chi connectivity index (χ4v) is 2.82. The van der Waals surface area contributed by atoms with Gasteiger partial charge >= 0.3 is 0 Å². The van der Waals surface area contributed by atoms with Crippen LogP contribution < -0.4 is 5.32 Å². The first-order valence-electron chi connectivity index (χ1n) is 7.81. The average molecular weight is 270 g/mol. The maximum Gasteiger partial charge on any atom is 0.0707 e. The van der Waals surface area contributed by atoms with Crippen LogP contribution in [0.1, 0.15) is 47.5 Å². The van der Waals surface area contributed by atoms with E-state index in [0.717, 1.165) is 32.1 Å². The summed E-state index contributed by atoms with van der Waals surface area (Å²) >= 11 is 0. The number of nitrogens with one attached hydrogen (secondary N) is 1. The Morgan fingerprint density at radius 2 is 1.84 bits per heavy atom. The normalized spacial score (nSPS) is 24.6. The molecule has 2 unspecified atom stereocenters. The molecule has 19 heavy (non-hydrogen) atoms. The Kier molecular flexibility index (Phi) is 6.78. The molecular formula is C16H34N2O. The van der Waals surface area contributed by atoms with Gasteiger partial charge in [-0.15, -0.1) is 0 Å². The highest BCUT2D eigenvalue weighted by molar-refractivity contribution is 4.78. The molecule has 114 valence electrons. The van der Waals surface area contributed by atoms with Gasteiger partial charge in [-0.25, -0.2) is 0 Å². The van der Waals surface area contributed by atoms with Gasteiger partial charge in [0.2, 0.25) is 0 Å². The Bertz CT molecular complexity index is 248. The van der Waals surface area contributed by atoms with Crippen molar-refractivity contribution >= 4 is 0 Å². The highest BCUT2D eigenvalue weighted by atomic mass is 16.5. The molecule has 0 bridgehead atoms. The van der Waals surface area contributed by atoms with Gasteiger partial charge < -0.3 is 15.0 Å². The van der Waals surface area contributed by atoms with Crippen molar-refractivity contribution in [3.05, 3.63) is 0 Å². The van der Waals surface area contributed by atoms with Crippen LogP contribution in [-0.4, -0.2) is 50.3 Å². The Morgan fingerprint density at radius 1 is 1.21 bits per heavy atom. The lowest BCUT2D eigenvalue weighted by molar-refractivity contribution is 0.0230. The summed E-state index contributed by atoms with van der Waals surface area (Å²) in [5.74, 6) is 0.718. The quantitative estimate of drug-likeness (QED) is 0.770. The predicted octanol–water partition coefficient (Wildman–Crippen LogP) is 2.76. The molecule has 0 radical (unpaired) electrons. The van der Waals surface area contributed by atoms with Gasteiger partial charge in [-0.1, -0.05) is 34.6 Å². The molecule has 0 amide bonds. The van der Waals surface area contributed by atoms with Gasteiger partial charge in [-0.3, -0.25) is 0 Å². The number of ether oxygens (including phenoxy) is 1. The summed E-state index contributed by atoms with van der Waals surface area (Å²) in [5, 5.41) is 3.50. The molecule has 1 saturated heterocycles. The zero-order chi connectivity index (χ0) is 14.5. The second-order valence-electron chi connectivity index (χ2n) is 7.77. The summed E-state index contributed by atoms with van der Waals surface area (Å²) in [4.78, 5) is 2.41. The highest BCUT2D eigenvalue weighted by Crippen LogP contribution is 2.21. The zero-order valence-corrected chi connectivity index (χ0v) is 13.8. The molecule has 1 N–H and O–H groups in total. The summed E-state index contributed by atoms with van der Waals surface area (Å²) in [5.41, 5.74) is 0.367. The number of nitrogens with zero attached hydrogens (tertiary/aromatic N) is 1. The van der Waals surface area contributed by atoms with Gasteiger partial charge in [0.05, 0.1) is 12.2 Å². The fourth-order valence-electron chi connectivity index (χ4n) is 2.82. The first-order valence-corrected chi connectivity index (χ1v) is 7.81. The predicted molar refractivity (Wildman–Crippen MR) is 82.6 cm³/mol. The molecule has 0 aromatic carbocycles. The van der Waals surface area contributed by atoms with Crippen LogP contribution in [-0.2, 0) is 4.74 Å². The van der Waals surface area contributed by atoms with Crippen LogP contribution in [0.4, 0.5) is 0 Å². The molecule has 1 rings (SSSR count). The zero-order valence-electron chi connectivity index (χ0n) is 13.8. The van der Waals surface area contributed by atoms with E-state index < -0.39 is 0 Å². The molecule has 1 fully saturated rings. The van der Waals surface area contributed by atoms with Gasteiger partial charge in [-0.2, -0.15) is 0 Å². The lowest BCUT2D eigenvalue weighted by Crippen LogP contribution is -2.36. The molecule has 2 atom stereocenters. The fraction of sp³-hybridized carbons (Fsp3) is 1.00. The maximum atomic E-state index is 6.12. The third kappa shape index (κ3) is 7.91. The van der Waals surface area contributed by atoms with Crippen LogP contribution >= 0.6 is 0 Å². The maximum absolute atomic E-state index is 6.12. The standard InChI is InChI=1S/C16H34N2O/c1-13(2)9-17-10-14-7-8-15(19-14)11-18(6)12-16(3,4)5/h13-15,17H,7-12H2,1-6H3. The number of rotatable bonds is 7. The van der Waals surface area contributed by atoms with E-state index in [1.807, 2.05) is 0 Å². The summed E-state index contributed by atoms with van der Waals surface area (Å²) in [6.45, 7) is 15.7. The van der Waals surface area contributed by atoms with E-state index in [1.54, 1.807) is 0 Å². The third-order valence-electron chi connectivity index (χ3n) is 3.38. The molecule has 0 aromatic rings. The van der Waals surface area contributed by atoms with E-state index in [-0.39, 0.29) is 0 Å². The van der Waals surface area contributed by atoms with Crippen molar-refractivity contribution in [1.29, 1.82) is 0 Å². The van der Waals surface area contributed by atoms with Crippen molar-refractivity contribution in [3.8, 4) is 0 Å². The summed E-state index contributed by atoms with van der Waals surface area (Å²) < 4.78 is 6.12. The largest absolute Gasteiger partial charge is 0.372 e. The van der Waals surface area contributed by atoms with Crippen LogP contribution in [0.3, 0.4) is 0 Å². The topological polar surface area (TPSA) is 24.5 Å². The Labute approximate surface area is 120 Å². The van der Waals surface area contributed by atoms with Crippen molar-refractivity contribution in [2.24, 2.45) is 11.3 Å². The second kappa shape index (κ2) is 7.61. The van der Waals surface area contributed by atoms with Crippen LogP contribution in [0.25, 0.3) is 0 Å². The Hall–Kier alpha value is -0.120. The van der Waals surface area contributed by atoms with Gasteiger partial charge in [0, 0.05) is 19.6 Å². The van der Waals surface area contributed by atoms with Crippen molar-refractivity contribution in [3.63, 3.8) is 0 Å². The molecule has 0 saturated carbocycles. The van der Waals surface area contributed by atoms with E-state index >= 15 is 0 Å². The molecule has 1 aliphatic heterocycles. The van der Waals surface area contributed by atoms with Crippen LogP contribution in [0, 0.1) is 11.3 Å². The summed E-state index contributed by atoms with van der Waals surface area (Å²) in [6, 6.07) is 0. The smallest absolute Gasteiger partial charge is 0.0707 e. The van der Waals surface area contributed by atoms with Crippen molar-refractivity contribution < 1.29 is 4.74 Å². The molecule has 1 heterocycles. The van der Waals surface area contributed by atoms with E-state index in [9.17, 15) is 0 Å². The van der Waals surface area contributed by atoms with Crippen molar-refractivity contribution in [2.45, 2.75) is 59.7 Å². The van der Waals surface area contributed by atoms with Gasteiger partial charge in [0.1, 0.15) is 0 Å². The van der Waals surface area contributed by atoms with Gasteiger partial charge in [0.15, 0.2) is 0 Å². The lowest BCUT2D eigenvalue weighted by atomic mass is 9.96. The summed E-state index contributed by atoms with van der Waals surface area (Å²) in [7, 11) is 2.21. The third-order valence-corrected chi connectivity index (χ3v) is 3.38. The van der Waals surface area contributed by atoms with Gasteiger partial charge in [-0.05, 0) is 37.8 Å². The number of hydrogen-bond acceptors (Lipinski definition) is 3. The first kappa shape index (κ1) is 16.9. The Morgan fingerprint density at radius 3 is 2.42 bits per heavy atom. The second-order valence-corrected chi connectivity index (χ2v) is 7.77. The molecular weight excluding hydrogens is 236 g/mol. The van der Waals surface area contributed by atoms with E-state index in [4.69, 9.17) is 4.74 Å². The molecule has 0 aliphatic carbocycles.